The van der Waals surface area contributed by atoms with Crippen LogP contribution in [0, 0.1) is 23.7 Å². The summed E-state index contributed by atoms with van der Waals surface area (Å²) in [6.45, 7) is 33.4. The van der Waals surface area contributed by atoms with Crippen molar-refractivity contribution in [2.45, 2.75) is 160 Å². The van der Waals surface area contributed by atoms with Gasteiger partial charge >= 0.3 is 0 Å². The average molecular weight is 814 g/mol. The first kappa shape index (κ1) is 52.6. The monoisotopic (exact) mass is 814 g/mol. The summed E-state index contributed by atoms with van der Waals surface area (Å²) in [7, 11) is 3.83. The van der Waals surface area contributed by atoms with Crippen LogP contribution < -0.4 is 0 Å². The minimum absolute atomic E-state index is 0.138. The molecule has 0 amide bonds. The second kappa shape index (κ2) is 25.3. The van der Waals surface area contributed by atoms with Gasteiger partial charge in [-0.05, 0) is 82.2 Å². The summed E-state index contributed by atoms with van der Waals surface area (Å²) in [5, 5.41) is 0. The van der Waals surface area contributed by atoms with Gasteiger partial charge in [0.25, 0.3) is 0 Å². The number of H-pyrrole nitrogens is 1. The zero-order chi connectivity index (χ0) is 45.3. The standard InChI is InChI=1S/C13H21NO.C13H19NO.C12H20N2O.C12H19NO/c1-9(2)6-13(15)12-7-11(10(3)4)8-14(12)5;1-9(2)7-13(15)12-6-5-11(8-14-12)10(3)4;1-8(2)6-11(15)12-13-10(9(3)4)7-14(12)5;1-8(2)5-12(14)11-6-10(7-13-11)9(3)4/h7-10H,6H2,1-5H3;5-6,8-10H,7H2,1-4H3;7-9H,6H2,1-5H3;6-9,13H,5H2,1-4H3. The van der Waals surface area contributed by atoms with Crippen LogP contribution in [0.25, 0.3) is 0 Å². The molecule has 0 saturated heterocycles. The molecule has 0 aliphatic heterocycles. The maximum absolute atomic E-state index is 11.9. The molecule has 0 aliphatic carbocycles. The van der Waals surface area contributed by atoms with E-state index in [1.807, 2.05) is 87.6 Å². The van der Waals surface area contributed by atoms with E-state index in [1.165, 1.54) is 16.7 Å². The van der Waals surface area contributed by atoms with Crippen LogP contribution in [0.1, 0.15) is 225 Å². The lowest BCUT2D eigenvalue weighted by molar-refractivity contribution is 0.0947. The minimum Gasteiger partial charge on any atom is -0.359 e. The molecule has 0 aliphatic rings. The van der Waals surface area contributed by atoms with E-state index < -0.39 is 0 Å². The van der Waals surface area contributed by atoms with E-state index in [-0.39, 0.29) is 23.1 Å². The molecule has 0 fully saturated rings. The quantitative estimate of drug-likeness (QED) is 0.112. The van der Waals surface area contributed by atoms with E-state index in [0.29, 0.717) is 84.5 Å². The van der Waals surface area contributed by atoms with Gasteiger partial charge in [0.05, 0.1) is 17.1 Å². The number of hydrogen-bond acceptors (Lipinski definition) is 6. The lowest BCUT2D eigenvalue weighted by Gasteiger charge is -2.06. The molecule has 328 valence electrons. The van der Waals surface area contributed by atoms with E-state index in [1.54, 1.807) is 6.20 Å². The van der Waals surface area contributed by atoms with Crippen molar-refractivity contribution >= 4 is 23.1 Å². The second-order valence-electron chi connectivity index (χ2n) is 18.9. The normalized spacial score (nSPS) is 11.3. The highest BCUT2D eigenvalue weighted by atomic mass is 16.1. The first-order valence-electron chi connectivity index (χ1n) is 21.8. The number of nitrogens with zero attached hydrogens (tertiary/aromatic N) is 4. The SMILES string of the molecule is CC(C)CC(=O)c1cc(C(C)C)c[nH]1.CC(C)CC(=O)c1cc(C(C)C)cn1C.CC(C)CC(=O)c1ccc(C(C)C)cn1.CC(C)CC(=O)c1nc(C(C)C)cn1C. The first-order chi connectivity index (χ1) is 27.3. The number of carbonyl (C=O) groups is 4. The Morgan fingerprint density at radius 1 is 0.542 bits per heavy atom. The summed E-state index contributed by atoms with van der Waals surface area (Å²) < 4.78 is 3.78. The fourth-order valence-corrected chi connectivity index (χ4v) is 5.92. The maximum Gasteiger partial charge on any atom is 0.198 e. The molecule has 9 nitrogen and oxygen atoms in total. The molecule has 4 aromatic heterocycles. The molecular formula is C50H79N5O4. The molecule has 0 saturated carbocycles. The largest absolute Gasteiger partial charge is 0.359 e. The molecule has 0 radical (unpaired) electrons. The zero-order valence-electron chi connectivity index (χ0n) is 40.0. The number of nitrogens with one attached hydrogen (secondary N) is 1. The van der Waals surface area contributed by atoms with E-state index in [2.05, 4.69) is 104 Å². The molecule has 1 N–H and O–H groups in total. The number of aromatic nitrogens is 5. The zero-order valence-corrected chi connectivity index (χ0v) is 40.0. The van der Waals surface area contributed by atoms with E-state index in [4.69, 9.17) is 0 Å². The molecule has 0 spiro atoms. The molecule has 4 heterocycles. The maximum atomic E-state index is 11.9. The van der Waals surface area contributed by atoms with Gasteiger partial charge in [0, 0.05) is 64.6 Å². The van der Waals surface area contributed by atoms with E-state index in [9.17, 15) is 19.2 Å². The number of carbonyl (C=O) groups excluding carboxylic acids is 4. The van der Waals surface area contributed by atoms with Crippen molar-refractivity contribution in [3.8, 4) is 0 Å². The van der Waals surface area contributed by atoms with Gasteiger partial charge in [-0.1, -0.05) is 117 Å². The van der Waals surface area contributed by atoms with Gasteiger partial charge in [-0.15, -0.1) is 0 Å². The van der Waals surface area contributed by atoms with Crippen LogP contribution in [0.3, 0.4) is 0 Å². The van der Waals surface area contributed by atoms with Gasteiger partial charge in [0.15, 0.2) is 29.0 Å². The highest BCUT2D eigenvalue weighted by molar-refractivity contribution is 5.96. The minimum atomic E-state index is 0.138. The number of rotatable bonds is 16. The Hall–Kier alpha value is -4.40. The fourth-order valence-electron chi connectivity index (χ4n) is 5.92. The van der Waals surface area contributed by atoms with Crippen LogP contribution in [-0.4, -0.2) is 47.2 Å². The van der Waals surface area contributed by atoms with Crippen molar-refractivity contribution in [2.75, 3.05) is 0 Å². The molecule has 4 aromatic rings. The predicted octanol–water partition coefficient (Wildman–Crippen LogP) is 13.0. The number of pyridine rings is 1. The third kappa shape index (κ3) is 19.0. The van der Waals surface area contributed by atoms with Crippen LogP contribution in [-0.2, 0) is 14.1 Å². The number of Topliss-reactive ketones (excluding diaryl/α,β-unsaturated/α-hetero) is 4. The van der Waals surface area contributed by atoms with Crippen LogP contribution in [0.5, 0.6) is 0 Å². The number of hydrogen-bond donors (Lipinski definition) is 1. The number of imidazole rings is 1. The van der Waals surface area contributed by atoms with Crippen LogP contribution in [0.15, 0.2) is 49.1 Å². The smallest absolute Gasteiger partial charge is 0.198 e. The van der Waals surface area contributed by atoms with Crippen LogP contribution >= 0.6 is 0 Å². The Balaban J connectivity index is 0.000000393. The van der Waals surface area contributed by atoms with Crippen LogP contribution in [0.4, 0.5) is 0 Å². The van der Waals surface area contributed by atoms with Crippen molar-refractivity contribution in [1.82, 2.24) is 24.1 Å². The Kier molecular flexibility index (Phi) is 22.5. The van der Waals surface area contributed by atoms with E-state index >= 15 is 0 Å². The summed E-state index contributed by atoms with van der Waals surface area (Å²) in [6, 6.07) is 7.82. The summed E-state index contributed by atoms with van der Waals surface area (Å²) in [5.74, 6) is 4.76. The Morgan fingerprint density at radius 3 is 1.44 bits per heavy atom. The Morgan fingerprint density at radius 2 is 1.03 bits per heavy atom. The van der Waals surface area contributed by atoms with Gasteiger partial charge in [-0.2, -0.15) is 0 Å². The number of aryl methyl sites for hydroxylation is 2. The molecule has 0 atom stereocenters. The average Bonchev–Trinajstić information content (AvgIpc) is 3.87. The van der Waals surface area contributed by atoms with E-state index in [0.717, 1.165) is 17.1 Å². The van der Waals surface area contributed by atoms with Gasteiger partial charge < -0.3 is 14.1 Å². The van der Waals surface area contributed by atoms with Gasteiger partial charge in [0.1, 0.15) is 5.69 Å². The Bertz CT molecular complexity index is 1810. The molecule has 0 bridgehead atoms. The first-order valence-corrected chi connectivity index (χ1v) is 21.8. The molecule has 59 heavy (non-hydrogen) atoms. The molecule has 9 heteroatoms. The summed E-state index contributed by atoms with van der Waals surface area (Å²) in [4.78, 5) is 58.7. The lowest BCUT2D eigenvalue weighted by atomic mass is 10.0. The van der Waals surface area contributed by atoms with Crippen LogP contribution in [0.2, 0.25) is 0 Å². The van der Waals surface area contributed by atoms with Crippen molar-refractivity contribution in [2.24, 2.45) is 37.8 Å². The number of ketones is 4. The second-order valence-corrected chi connectivity index (χ2v) is 18.9. The topological polar surface area (TPSA) is 120 Å². The molecule has 4 rings (SSSR count). The predicted molar refractivity (Wildman–Crippen MR) is 245 cm³/mol. The molecule has 0 unspecified atom stereocenters. The Labute approximate surface area is 357 Å². The summed E-state index contributed by atoms with van der Waals surface area (Å²) in [6.07, 6.45) is 10.1. The van der Waals surface area contributed by atoms with Gasteiger partial charge in [-0.3, -0.25) is 24.2 Å². The van der Waals surface area contributed by atoms with Gasteiger partial charge in [-0.25, -0.2) is 4.98 Å². The van der Waals surface area contributed by atoms with Gasteiger partial charge in [0.2, 0.25) is 0 Å². The third-order valence-corrected chi connectivity index (χ3v) is 9.50. The third-order valence-electron chi connectivity index (χ3n) is 9.50. The summed E-state index contributed by atoms with van der Waals surface area (Å²) in [5.41, 5.74) is 6.80. The lowest BCUT2D eigenvalue weighted by Crippen LogP contribution is -2.09. The number of aromatic amines is 1. The summed E-state index contributed by atoms with van der Waals surface area (Å²) >= 11 is 0. The van der Waals surface area contributed by atoms with Crippen molar-refractivity contribution in [3.63, 3.8) is 0 Å². The molecular weight excluding hydrogens is 735 g/mol. The molecule has 0 aromatic carbocycles. The van der Waals surface area contributed by atoms with Crippen molar-refractivity contribution in [3.05, 3.63) is 94.3 Å². The highest BCUT2D eigenvalue weighted by Gasteiger charge is 2.17. The highest BCUT2D eigenvalue weighted by Crippen LogP contribution is 2.20. The van der Waals surface area contributed by atoms with Crippen molar-refractivity contribution in [1.29, 1.82) is 0 Å². The van der Waals surface area contributed by atoms with Crippen molar-refractivity contribution < 1.29 is 19.2 Å². The fraction of sp³-hybridized carbons (Fsp3) is 0.600.